The number of halogens is 1. The Labute approximate surface area is 186 Å². The molecule has 1 N–H and O–H groups in total. The van der Waals surface area contributed by atoms with Crippen LogP contribution in [0.4, 0.5) is 4.39 Å². The third kappa shape index (κ3) is 3.98. The van der Waals surface area contributed by atoms with E-state index in [0.717, 1.165) is 5.56 Å². The lowest BCUT2D eigenvalue weighted by Crippen LogP contribution is -2.29. The van der Waals surface area contributed by atoms with Crippen LogP contribution in [0.3, 0.4) is 0 Å². The lowest BCUT2D eigenvalue weighted by molar-refractivity contribution is -0.121. The van der Waals surface area contributed by atoms with Gasteiger partial charge in [0.05, 0.1) is 11.8 Å². The molecule has 3 aromatic heterocycles. The molecule has 0 bridgehead atoms. The predicted molar refractivity (Wildman–Crippen MR) is 118 cm³/mol. The molecule has 9 nitrogen and oxygen atoms in total. The van der Waals surface area contributed by atoms with Gasteiger partial charge in [0.25, 0.3) is 5.56 Å². The van der Waals surface area contributed by atoms with E-state index in [2.05, 4.69) is 20.4 Å². The molecule has 1 amide bonds. The van der Waals surface area contributed by atoms with Crippen LogP contribution in [0.1, 0.15) is 17.3 Å². The van der Waals surface area contributed by atoms with E-state index in [1.807, 2.05) is 30.3 Å². The van der Waals surface area contributed by atoms with Crippen molar-refractivity contribution in [2.45, 2.75) is 26.6 Å². The molecule has 0 aliphatic heterocycles. The minimum absolute atomic E-state index is 0.0265. The van der Waals surface area contributed by atoms with Crippen molar-refractivity contribution >= 4 is 27.8 Å². The maximum Gasteiger partial charge on any atom is 0.278 e. The van der Waals surface area contributed by atoms with Gasteiger partial charge < -0.3 is 14.4 Å². The Kier molecular flexibility index (Phi) is 5.17. The Bertz CT molecular complexity index is 1540. The standard InChI is InChI=1S/C23H19FN6O3/c1-14-27-20(33-28-14)12-29-13-26-21-17-9-16(24)7-8-18(17)30(22(21)23(29)32)11-19(31)25-10-15-5-3-2-4-6-15/h2-9,13H,10-12H2,1H3,(H,25,31). The molecule has 33 heavy (non-hydrogen) atoms. The molecule has 0 saturated heterocycles. The van der Waals surface area contributed by atoms with E-state index in [0.29, 0.717) is 28.8 Å². The molecule has 3 heterocycles. The van der Waals surface area contributed by atoms with Gasteiger partial charge in [0.1, 0.15) is 29.9 Å². The number of aryl methyl sites for hydroxylation is 1. The summed E-state index contributed by atoms with van der Waals surface area (Å²) in [5, 5.41) is 7.05. The fourth-order valence-electron chi connectivity index (χ4n) is 3.80. The van der Waals surface area contributed by atoms with E-state index in [1.54, 1.807) is 17.6 Å². The summed E-state index contributed by atoms with van der Waals surface area (Å²) >= 11 is 0. The number of carbonyl (C=O) groups is 1. The second-order valence-corrected chi connectivity index (χ2v) is 7.62. The number of hydrogen-bond acceptors (Lipinski definition) is 6. The Morgan fingerprint density at radius 2 is 2.00 bits per heavy atom. The van der Waals surface area contributed by atoms with E-state index in [4.69, 9.17) is 4.52 Å². The van der Waals surface area contributed by atoms with Crippen LogP contribution >= 0.6 is 0 Å². The van der Waals surface area contributed by atoms with Crippen LogP contribution < -0.4 is 10.9 Å². The maximum atomic E-state index is 14.0. The van der Waals surface area contributed by atoms with Gasteiger partial charge in [-0.05, 0) is 30.7 Å². The zero-order valence-electron chi connectivity index (χ0n) is 17.7. The lowest BCUT2D eigenvalue weighted by atomic mass is 10.2. The molecule has 5 rings (SSSR count). The van der Waals surface area contributed by atoms with Gasteiger partial charge in [-0.15, -0.1) is 0 Å². The second-order valence-electron chi connectivity index (χ2n) is 7.62. The number of amides is 1. The monoisotopic (exact) mass is 446 g/mol. The average molecular weight is 446 g/mol. The Morgan fingerprint density at radius 1 is 1.18 bits per heavy atom. The number of benzene rings is 2. The van der Waals surface area contributed by atoms with Crippen LogP contribution in [0.2, 0.25) is 0 Å². The van der Waals surface area contributed by atoms with Gasteiger partial charge in [0, 0.05) is 11.9 Å². The van der Waals surface area contributed by atoms with Crippen molar-refractivity contribution in [1.82, 2.24) is 29.6 Å². The highest BCUT2D eigenvalue weighted by Gasteiger charge is 2.19. The van der Waals surface area contributed by atoms with E-state index < -0.39 is 11.4 Å². The molecule has 10 heteroatoms. The summed E-state index contributed by atoms with van der Waals surface area (Å²) in [6, 6.07) is 13.6. The largest absolute Gasteiger partial charge is 0.350 e. The molecule has 0 fully saturated rings. The fourth-order valence-corrected chi connectivity index (χ4v) is 3.80. The normalized spacial score (nSPS) is 11.3. The number of nitrogens with zero attached hydrogens (tertiary/aromatic N) is 5. The smallest absolute Gasteiger partial charge is 0.278 e. The Hall–Kier alpha value is -4.34. The Balaban J connectivity index is 1.55. The minimum Gasteiger partial charge on any atom is -0.350 e. The van der Waals surface area contributed by atoms with Crippen molar-refractivity contribution in [3.05, 3.63) is 88.3 Å². The number of hydrogen-bond donors (Lipinski definition) is 1. The molecule has 0 spiro atoms. The number of nitrogens with one attached hydrogen (secondary N) is 1. The number of fused-ring (bicyclic) bond motifs is 3. The second kappa shape index (κ2) is 8.30. The van der Waals surface area contributed by atoms with Crippen molar-refractivity contribution in [2.24, 2.45) is 0 Å². The summed E-state index contributed by atoms with van der Waals surface area (Å²) in [5.41, 5.74) is 1.61. The first-order valence-corrected chi connectivity index (χ1v) is 10.3. The quantitative estimate of drug-likeness (QED) is 0.430. The molecule has 0 atom stereocenters. The maximum absolute atomic E-state index is 14.0. The zero-order valence-corrected chi connectivity index (χ0v) is 17.7. The summed E-state index contributed by atoms with van der Waals surface area (Å²) in [5.74, 6) is -0.0384. The third-order valence-corrected chi connectivity index (χ3v) is 5.30. The zero-order chi connectivity index (χ0) is 22.9. The SMILES string of the molecule is Cc1noc(Cn2cnc3c4cc(F)ccc4n(CC(=O)NCc4ccccc4)c3c2=O)n1. The van der Waals surface area contributed by atoms with Crippen LogP contribution in [0.5, 0.6) is 0 Å². The molecular formula is C23H19FN6O3. The Morgan fingerprint density at radius 3 is 2.76 bits per heavy atom. The molecule has 0 radical (unpaired) electrons. The highest BCUT2D eigenvalue weighted by atomic mass is 19.1. The van der Waals surface area contributed by atoms with Crippen molar-refractivity contribution in [3.63, 3.8) is 0 Å². The summed E-state index contributed by atoms with van der Waals surface area (Å²) in [7, 11) is 0. The minimum atomic E-state index is -0.456. The van der Waals surface area contributed by atoms with Gasteiger partial charge >= 0.3 is 0 Å². The lowest BCUT2D eigenvalue weighted by Gasteiger charge is -2.09. The molecule has 166 valence electrons. The van der Waals surface area contributed by atoms with Gasteiger partial charge in [-0.1, -0.05) is 35.5 Å². The highest BCUT2D eigenvalue weighted by Crippen LogP contribution is 2.26. The van der Waals surface area contributed by atoms with Crippen LogP contribution in [-0.2, 0) is 24.4 Å². The summed E-state index contributed by atoms with van der Waals surface area (Å²) < 4.78 is 22.0. The van der Waals surface area contributed by atoms with Gasteiger partial charge in [-0.2, -0.15) is 4.98 Å². The summed E-state index contributed by atoms with van der Waals surface area (Å²) in [4.78, 5) is 34.6. The first-order valence-electron chi connectivity index (χ1n) is 10.3. The number of rotatable bonds is 6. The molecule has 0 aliphatic rings. The molecule has 0 unspecified atom stereocenters. The fraction of sp³-hybridized carbons (Fsp3) is 0.174. The molecule has 0 saturated carbocycles. The van der Waals surface area contributed by atoms with Crippen molar-refractivity contribution in [3.8, 4) is 0 Å². The summed E-state index contributed by atoms with van der Waals surface area (Å²) in [6.07, 6.45) is 1.36. The number of carbonyl (C=O) groups excluding carboxylic acids is 1. The third-order valence-electron chi connectivity index (χ3n) is 5.30. The van der Waals surface area contributed by atoms with Crippen LogP contribution in [0.25, 0.3) is 21.9 Å². The highest BCUT2D eigenvalue weighted by molar-refractivity contribution is 6.06. The molecule has 2 aromatic carbocycles. The molecular weight excluding hydrogens is 427 g/mol. The average Bonchev–Trinajstić information content (AvgIpc) is 3.36. The van der Waals surface area contributed by atoms with Gasteiger partial charge in [-0.3, -0.25) is 14.2 Å². The van der Waals surface area contributed by atoms with Crippen molar-refractivity contribution < 1.29 is 13.7 Å². The molecule has 0 aliphatic carbocycles. The van der Waals surface area contributed by atoms with Crippen molar-refractivity contribution in [1.29, 1.82) is 0 Å². The van der Waals surface area contributed by atoms with Gasteiger partial charge in [0.2, 0.25) is 11.8 Å². The van der Waals surface area contributed by atoms with Crippen molar-refractivity contribution in [2.75, 3.05) is 0 Å². The molecule has 5 aromatic rings. The first-order chi connectivity index (χ1) is 16.0. The van der Waals surface area contributed by atoms with E-state index >= 15 is 0 Å². The van der Waals surface area contributed by atoms with E-state index in [9.17, 15) is 14.0 Å². The van der Waals surface area contributed by atoms with E-state index in [-0.39, 0.29) is 30.4 Å². The first kappa shape index (κ1) is 20.6. The number of aromatic nitrogens is 5. The van der Waals surface area contributed by atoms with Crippen LogP contribution in [0, 0.1) is 12.7 Å². The van der Waals surface area contributed by atoms with Crippen LogP contribution in [-0.4, -0.2) is 30.2 Å². The van der Waals surface area contributed by atoms with Crippen LogP contribution in [0.15, 0.2) is 64.2 Å². The van der Waals surface area contributed by atoms with Gasteiger partial charge in [0.15, 0.2) is 5.82 Å². The topological polar surface area (TPSA) is 108 Å². The van der Waals surface area contributed by atoms with Gasteiger partial charge in [-0.25, -0.2) is 9.37 Å². The van der Waals surface area contributed by atoms with E-state index in [1.165, 1.54) is 23.0 Å². The predicted octanol–water partition coefficient (Wildman–Crippen LogP) is 2.55. The summed E-state index contributed by atoms with van der Waals surface area (Å²) in [6.45, 7) is 1.93.